The van der Waals surface area contributed by atoms with E-state index in [1.54, 1.807) is 12.7 Å². The summed E-state index contributed by atoms with van der Waals surface area (Å²) in [7, 11) is 1.74. The van der Waals surface area contributed by atoms with Crippen LogP contribution in [0, 0.1) is 29.6 Å². The number of hydrogen-bond donors (Lipinski definition) is 0. The van der Waals surface area contributed by atoms with Crippen molar-refractivity contribution < 1.29 is 4.74 Å². The van der Waals surface area contributed by atoms with Crippen LogP contribution in [0.2, 0.25) is 0 Å². The summed E-state index contributed by atoms with van der Waals surface area (Å²) < 4.78 is 5.25. The number of methoxy groups -OCH3 is 1. The van der Waals surface area contributed by atoms with Gasteiger partial charge < -0.3 is 4.74 Å². The predicted octanol–water partition coefficient (Wildman–Crippen LogP) is 6.95. The fourth-order valence-corrected chi connectivity index (χ4v) is 7.51. The first kappa shape index (κ1) is 18.1. The van der Waals surface area contributed by atoms with E-state index in [1.165, 1.54) is 56.9 Å². The molecule has 5 rings (SSSR count). The molecule has 0 aromatic carbocycles. The second kappa shape index (κ2) is 7.47. The van der Waals surface area contributed by atoms with Crippen molar-refractivity contribution in [2.75, 3.05) is 7.11 Å². The molecular weight excluding hydrogens is 352 g/mol. The summed E-state index contributed by atoms with van der Waals surface area (Å²) in [5.41, 5.74) is 6.97. The molecule has 0 radical (unpaired) electrons. The van der Waals surface area contributed by atoms with Crippen molar-refractivity contribution in [1.29, 1.82) is 0 Å². The quantitative estimate of drug-likeness (QED) is 0.290. The van der Waals surface area contributed by atoms with Crippen LogP contribution in [0.1, 0.15) is 64.2 Å². The number of halogens is 1. The van der Waals surface area contributed by atoms with Crippen molar-refractivity contribution in [1.82, 2.24) is 0 Å². The molecule has 0 aliphatic heterocycles. The molecule has 0 aromatic rings. The zero-order chi connectivity index (χ0) is 18.4. The van der Waals surface area contributed by atoms with Crippen LogP contribution in [0.25, 0.3) is 0 Å². The van der Waals surface area contributed by atoms with Crippen LogP contribution in [-0.4, -0.2) is 12.5 Å². The average molecular weight is 385 g/mol. The number of allylic oxidation sites excluding steroid dienone is 7. The molecular formula is C25H33ClO. The number of ether oxygens (including phenoxy) is 1. The highest BCUT2D eigenvalue weighted by Crippen LogP contribution is 2.60. The standard InChI is InChI=1S/C25H33ClO/c1-27-12-11-16-14-19(26)9-10-20(16)18-13-17-5-4-8-23-21-6-2-3-7-22(21)24(15-18)25(17)23/h4,8,11-12,17-19,23-25H,2-3,5-7,9-10,13-15H2,1H3/b12-11+. The van der Waals surface area contributed by atoms with E-state index in [4.69, 9.17) is 16.3 Å². The van der Waals surface area contributed by atoms with Gasteiger partial charge in [0.25, 0.3) is 0 Å². The number of hydrogen-bond acceptors (Lipinski definition) is 1. The first-order valence-electron chi connectivity index (χ1n) is 11.2. The lowest BCUT2D eigenvalue weighted by molar-refractivity contribution is 0.123. The van der Waals surface area contributed by atoms with Gasteiger partial charge in [0.15, 0.2) is 0 Å². The van der Waals surface area contributed by atoms with Gasteiger partial charge in [0.1, 0.15) is 0 Å². The highest BCUT2D eigenvalue weighted by Gasteiger charge is 2.50. The Balaban J connectivity index is 1.48. The Morgan fingerprint density at radius 2 is 1.93 bits per heavy atom. The van der Waals surface area contributed by atoms with Gasteiger partial charge in [-0.2, -0.15) is 0 Å². The molecule has 0 bridgehead atoms. The topological polar surface area (TPSA) is 9.23 Å². The minimum atomic E-state index is 0.294. The molecule has 5 aliphatic rings. The van der Waals surface area contributed by atoms with E-state index < -0.39 is 0 Å². The molecule has 1 saturated carbocycles. The summed E-state index contributed by atoms with van der Waals surface area (Å²) in [6, 6.07) is 0. The third-order valence-electron chi connectivity index (χ3n) is 8.22. The highest BCUT2D eigenvalue weighted by molar-refractivity contribution is 6.20. The van der Waals surface area contributed by atoms with Gasteiger partial charge >= 0.3 is 0 Å². The van der Waals surface area contributed by atoms with Crippen LogP contribution < -0.4 is 0 Å². The van der Waals surface area contributed by atoms with Crippen LogP contribution >= 0.6 is 11.6 Å². The third kappa shape index (κ3) is 3.15. The normalized spacial score (nSPS) is 41.1. The maximum absolute atomic E-state index is 6.53. The summed E-state index contributed by atoms with van der Waals surface area (Å²) >= 11 is 6.53. The van der Waals surface area contributed by atoms with Crippen LogP contribution in [-0.2, 0) is 4.74 Å². The fraction of sp³-hybridized carbons (Fsp3) is 0.680. The lowest BCUT2D eigenvalue weighted by Crippen LogP contribution is -2.36. The van der Waals surface area contributed by atoms with Crippen molar-refractivity contribution in [3.05, 3.63) is 46.8 Å². The molecule has 2 heteroatoms. The van der Waals surface area contributed by atoms with Crippen molar-refractivity contribution >= 4 is 11.6 Å². The largest absolute Gasteiger partial charge is 0.504 e. The number of fused-ring (bicyclic) bond motifs is 2. The molecule has 146 valence electrons. The van der Waals surface area contributed by atoms with Crippen LogP contribution in [0.15, 0.2) is 46.8 Å². The molecule has 6 unspecified atom stereocenters. The lowest BCUT2D eigenvalue weighted by Gasteiger charge is -2.45. The molecule has 0 aromatic heterocycles. The Morgan fingerprint density at radius 1 is 1.07 bits per heavy atom. The Morgan fingerprint density at radius 3 is 2.78 bits per heavy atom. The van der Waals surface area contributed by atoms with Gasteiger partial charge in [-0.05, 0) is 99.5 Å². The Hall–Kier alpha value is -0.950. The molecule has 27 heavy (non-hydrogen) atoms. The molecule has 1 nitrogen and oxygen atoms in total. The smallest absolute Gasteiger partial charge is 0.0827 e. The van der Waals surface area contributed by atoms with E-state index in [0.717, 1.165) is 42.4 Å². The monoisotopic (exact) mass is 384 g/mol. The van der Waals surface area contributed by atoms with E-state index in [-0.39, 0.29) is 0 Å². The van der Waals surface area contributed by atoms with Gasteiger partial charge in [-0.1, -0.05) is 28.9 Å². The van der Waals surface area contributed by atoms with Gasteiger partial charge in [0, 0.05) is 11.3 Å². The molecule has 6 atom stereocenters. The molecule has 1 fully saturated rings. The Bertz CT molecular complexity index is 712. The zero-order valence-corrected chi connectivity index (χ0v) is 17.4. The second-order valence-electron chi connectivity index (χ2n) is 9.49. The van der Waals surface area contributed by atoms with E-state index in [9.17, 15) is 0 Å². The fourth-order valence-electron chi connectivity index (χ4n) is 7.24. The molecule has 0 saturated heterocycles. The maximum atomic E-state index is 6.53. The summed E-state index contributed by atoms with van der Waals surface area (Å²) in [5.74, 6) is 4.25. The molecule has 0 amide bonds. The van der Waals surface area contributed by atoms with Gasteiger partial charge in [-0.15, -0.1) is 11.6 Å². The van der Waals surface area contributed by atoms with Crippen LogP contribution in [0.5, 0.6) is 0 Å². The molecule has 0 heterocycles. The summed E-state index contributed by atoms with van der Waals surface area (Å²) in [4.78, 5) is 0. The Labute approximate surface area is 169 Å². The van der Waals surface area contributed by atoms with Gasteiger partial charge in [-0.25, -0.2) is 0 Å². The van der Waals surface area contributed by atoms with Crippen molar-refractivity contribution in [3.8, 4) is 0 Å². The van der Waals surface area contributed by atoms with Crippen LogP contribution in [0.3, 0.4) is 0 Å². The molecule has 0 spiro atoms. The highest BCUT2D eigenvalue weighted by atomic mass is 35.5. The minimum absolute atomic E-state index is 0.294. The minimum Gasteiger partial charge on any atom is -0.504 e. The molecule has 0 N–H and O–H groups in total. The van der Waals surface area contributed by atoms with Crippen molar-refractivity contribution in [3.63, 3.8) is 0 Å². The van der Waals surface area contributed by atoms with Gasteiger partial charge in [0.2, 0.25) is 0 Å². The van der Waals surface area contributed by atoms with Gasteiger partial charge in [0.05, 0.1) is 13.4 Å². The number of rotatable bonds is 3. The van der Waals surface area contributed by atoms with Crippen LogP contribution in [0.4, 0.5) is 0 Å². The van der Waals surface area contributed by atoms with E-state index in [2.05, 4.69) is 18.2 Å². The SMILES string of the molecule is CO/C=C/C1=C(C2CC3CC=CC4C5=C(CCCC5)C(C2)C34)CCC(Cl)C1. The molecule has 5 aliphatic carbocycles. The number of alkyl halides is 1. The summed E-state index contributed by atoms with van der Waals surface area (Å²) in [6.07, 6.45) is 22.2. The summed E-state index contributed by atoms with van der Waals surface area (Å²) in [5, 5.41) is 0.294. The first-order chi connectivity index (χ1) is 13.3. The average Bonchev–Trinajstić information content (AvgIpc) is 3.02. The lowest BCUT2D eigenvalue weighted by atomic mass is 9.60. The third-order valence-corrected chi connectivity index (χ3v) is 8.59. The second-order valence-corrected chi connectivity index (χ2v) is 10.1. The van der Waals surface area contributed by atoms with Crippen molar-refractivity contribution in [2.24, 2.45) is 29.6 Å². The maximum Gasteiger partial charge on any atom is 0.0827 e. The Kier molecular flexibility index (Phi) is 5.01. The summed E-state index contributed by atoms with van der Waals surface area (Å²) in [6.45, 7) is 0. The first-order valence-corrected chi connectivity index (χ1v) is 11.6. The van der Waals surface area contributed by atoms with E-state index in [1.807, 2.05) is 17.4 Å². The van der Waals surface area contributed by atoms with E-state index >= 15 is 0 Å². The predicted molar refractivity (Wildman–Crippen MR) is 113 cm³/mol. The van der Waals surface area contributed by atoms with Crippen molar-refractivity contribution in [2.45, 2.75) is 69.6 Å². The van der Waals surface area contributed by atoms with Gasteiger partial charge in [-0.3, -0.25) is 0 Å². The zero-order valence-electron chi connectivity index (χ0n) is 16.6. The van der Waals surface area contributed by atoms with E-state index in [0.29, 0.717) is 5.38 Å².